The van der Waals surface area contributed by atoms with Gasteiger partial charge in [-0.3, -0.25) is 9.59 Å². The molecule has 0 aliphatic rings. The molecule has 2 heterocycles. The molecular formula is C22H28N4O9. The summed E-state index contributed by atoms with van der Waals surface area (Å²) < 4.78 is 31.0. The number of H-pyrrole nitrogens is 1. The van der Waals surface area contributed by atoms with Gasteiger partial charge in [-0.1, -0.05) is 13.8 Å². The predicted octanol–water partition coefficient (Wildman–Crippen LogP) is 1.62. The third-order valence-corrected chi connectivity index (χ3v) is 4.97. The fraction of sp³-hybridized carbons (Fsp3) is 0.500. The largest absolute Gasteiger partial charge is 0.510 e. The molecule has 0 saturated heterocycles. The van der Waals surface area contributed by atoms with E-state index in [-0.39, 0.29) is 41.1 Å². The van der Waals surface area contributed by atoms with Crippen molar-refractivity contribution in [3.63, 3.8) is 0 Å². The van der Waals surface area contributed by atoms with E-state index in [1.54, 1.807) is 21.0 Å². The van der Waals surface area contributed by atoms with Crippen molar-refractivity contribution < 1.29 is 33.2 Å². The van der Waals surface area contributed by atoms with Gasteiger partial charge in [0.15, 0.2) is 22.5 Å². The summed E-state index contributed by atoms with van der Waals surface area (Å²) in [6.45, 7) is 4.45. The molecular weight excluding hydrogens is 464 g/mol. The molecule has 0 aliphatic heterocycles. The minimum atomic E-state index is -1.03. The van der Waals surface area contributed by atoms with Crippen molar-refractivity contribution in [3.8, 4) is 11.5 Å². The normalized spacial score (nSPS) is 12.2. The Morgan fingerprint density at radius 1 is 0.971 bits per heavy atom. The van der Waals surface area contributed by atoms with Gasteiger partial charge in [-0.2, -0.15) is 0 Å². The van der Waals surface area contributed by atoms with Crippen LogP contribution in [0.3, 0.4) is 0 Å². The van der Waals surface area contributed by atoms with Crippen LogP contribution in [-0.2, 0) is 18.9 Å². The molecule has 1 N–H and O–H groups in total. The fourth-order valence-electron chi connectivity index (χ4n) is 3.23. The Hall–Kier alpha value is -3.71. The van der Waals surface area contributed by atoms with Gasteiger partial charge in [-0.05, 0) is 6.07 Å². The maximum atomic E-state index is 13.3. The highest BCUT2D eigenvalue weighted by Gasteiger charge is 2.25. The molecule has 2 aromatic heterocycles. The van der Waals surface area contributed by atoms with Crippen LogP contribution in [0.2, 0.25) is 0 Å². The second kappa shape index (κ2) is 11.6. The first-order valence-corrected chi connectivity index (χ1v) is 10.8. The summed E-state index contributed by atoms with van der Waals surface area (Å²) in [4.78, 5) is 41.9. The Balaban J connectivity index is 1.93. The van der Waals surface area contributed by atoms with Gasteiger partial charge in [0.2, 0.25) is 11.7 Å². The quantitative estimate of drug-likeness (QED) is 0.307. The SMILES string of the molecule is COCCOCCOC(=O)OC(C(C)C)n1nc2c(=O)[nH]c3cc(OC)c(OC)cc3c(=O)c2n1. The Morgan fingerprint density at radius 2 is 1.63 bits per heavy atom. The second-order valence-electron chi connectivity index (χ2n) is 7.71. The summed E-state index contributed by atoms with van der Waals surface area (Å²) >= 11 is 0. The lowest BCUT2D eigenvalue weighted by atomic mass is 10.2. The van der Waals surface area contributed by atoms with Crippen molar-refractivity contribution in [3.05, 3.63) is 32.7 Å². The van der Waals surface area contributed by atoms with Gasteiger partial charge in [-0.25, -0.2) is 4.79 Å². The number of rotatable bonds is 11. The third kappa shape index (κ3) is 5.87. The number of fused-ring (bicyclic) bond motifs is 2. The molecule has 3 aromatic rings. The van der Waals surface area contributed by atoms with Gasteiger partial charge in [0.05, 0.1) is 44.9 Å². The molecule has 0 radical (unpaired) electrons. The average molecular weight is 492 g/mol. The second-order valence-corrected chi connectivity index (χ2v) is 7.71. The van der Waals surface area contributed by atoms with Crippen molar-refractivity contribution in [2.75, 3.05) is 47.8 Å². The van der Waals surface area contributed by atoms with Crippen LogP contribution in [0.1, 0.15) is 20.1 Å². The Kier molecular flexibility index (Phi) is 8.60. The fourth-order valence-corrected chi connectivity index (χ4v) is 3.23. The van der Waals surface area contributed by atoms with Gasteiger partial charge in [0, 0.05) is 19.1 Å². The van der Waals surface area contributed by atoms with Crippen LogP contribution in [0.15, 0.2) is 21.7 Å². The van der Waals surface area contributed by atoms with Crippen molar-refractivity contribution in [1.82, 2.24) is 20.0 Å². The molecule has 190 valence electrons. The predicted molar refractivity (Wildman–Crippen MR) is 124 cm³/mol. The zero-order chi connectivity index (χ0) is 25.5. The maximum Gasteiger partial charge on any atom is 0.510 e. The average Bonchev–Trinajstić information content (AvgIpc) is 3.25. The van der Waals surface area contributed by atoms with Crippen LogP contribution in [0.5, 0.6) is 11.5 Å². The van der Waals surface area contributed by atoms with Crippen molar-refractivity contribution in [2.45, 2.75) is 20.1 Å². The van der Waals surface area contributed by atoms with Crippen LogP contribution in [0, 0.1) is 5.92 Å². The van der Waals surface area contributed by atoms with Crippen molar-refractivity contribution in [2.24, 2.45) is 5.92 Å². The summed E-state index contributed by atoms with van der Waals surface area (Å²) in [5.74, 6) is 0.334. The number of hydrogen-bond donors (Lipinski definition) is 1. The van der Waals surface area contributed by atoms with E-state index < -0.39 is 23.4 Å². The molecule has 3 rings (SSSR count). The van der Waals surface area contributed by atoms with Crippen molar-refractivity contribution >= 4 is 28.1 Å². The molecule has 13 nitrogen and oxygen atoms in total. The highest BCUT2D eigenvalue weighted by atomic mass is 16.7. The highest BCUT2D eigenvalue weighted by molar-refractivity contribution is 5.88. The molecule has 1 aromatic carbocycles. The van der Waals surface area contributed by atoms with E-state index in [9.17, 15) is 14.4 Å². The topological polar surface area (TPSA) is 153 Å². The number of nitrogens with one attached hydrogen (secondary N) is 1. The number of carbonyl (C=O) groups excluding carboxylic acids is 1. The van der Waals surface area contributed by atoms with Crippen LogP contribution in [0.25, 0.3) is 21.9 Å². The molecule has 13 heteroatoms. The molecule has 0 aliphatic carbocycles. The Bertz CT molecular complexity index is 1300. The first-order valence-electron chi connectivity index (χ1n) is 10.8. The van der Waals surface area contributed by atoms with Crippen LogP contribution >= 0.6 is 0 Å². The minimum Gasteiger partial charge on any atom is -0.493 e. The maximum absolute atomic E-state index is 13.3. The minimum absolute atomic E-state index is 0.0284. The zero-order valence-corrected chi connectivity index (χ0v) is 20.2. The summed E-state index contributed by atoms with van der Waals surface area (Å²) in [6.07, 6.45) is -2.00. The molecule has 0 bridgehead atoms. The van der Waals surface area contributed by atoms with Gasteiger partial charge in [0.25, 0.3) is 5.56 Å². The lowest BCUT2D eigenvalue weighted by molar-refractivity contribution is -0.0454. The highest BCUT2D eigenvalue weighted by Crippen LogP contribution is 2.30. The van der Waals surface area contributed by atoms with E-state index in [0.29, 0.717) is 24.7 Å². The smallest absolute Gasteiger partial charge is 0.493 e. The molecule has 1 atom stereocenters. The van der Waals surface area contributed by atoms with E-state index in [1.807, 2.05) is 0 Å². The first kappa shape index (κ1) is 25.9. The molecule has 35 heavy (non-hydrogen) atoms. The van der Waals surface area contributed by atoms with E-state index in [4.69, 9.17) is 28.4 Å². The Labute approximate surface area is 199 Å². The number of nitrogens with zero attached hydrogens (tertiary/aromatic N) is 3. The van der Waals surface area contributed by atoms with Gasteiger partial charge < -0.3 is 33.4 Å². The molecule has 0 fully saturated rings. The van der Waals surface area contributed by atoms with E-state index >= 15 is 0 Å². The number of hydrogen-bond acceptors (Lipinski definition) is 11. The lowest BCUT2D eigenvalue weighted by Gasteiger charge is -2.19. The molecule has 0 amide bonds. The van der Waals surface area contributed by atoms with E-state index in [0.717, 1.165) is 4.80 Å². The number of ether oxygens (including phenoxy) is 6. The van der Waals surface area contributed by atoms with Crippen LogP contribution < -0.4 is 20.5 Å². The van der Waals surface area contributed by atoms with E-state index in [1.165, 1.54) is 26.4 Å². The monoisotopic (exact) mass is 492 g/mol. The third-order valence-electron chi connectivity index (χ3n) is 4.97. The standard InChI is InChI=1S/C22H28N4O9/c1-12(2)21(35-22(29)34-9-8-33-7-6-30-3)26-24-17-18(25-26)20(28)23-14-11-16(32-5)15(31-4)10-13(14)19(17)27/h10-12,21H,6-9H2,1-5H3,(H,23,28). The zero-order valence-electron chi connectivity index (χ0n) is 20.2. The lowest BCUT2D eigenvalue weighted by Crippen LogP contribution is -2.25. The molecule has 0 saturated carbocycles. The van der Waals surface area contributed by atoms with E-state index in [2.05, 4.69) is 15.2 Å². The Morgan fingerprint density at radius 3 is 2.29 bits per heavy atom. The van der Waals surface area contributed by atoms with Gasteiger partial charge >= 0.3 is 6.16 Å². The van der Waals surface area contributed by atoms with Crippen molar-refractivity contribution in [1.29, 1.82) is 0 Å². The van der Waals surface area contributed by atoms with Crippen LogP contribution in [-0.4, -0.2) is 73.9 Å². The number of benzene rings is 1. The number of carbonyl (C=O) groups is 1. The first-order chi connectivity index (χ1) is 16.8. The number of methoxy groups -OCH3 is 3. The molecule has 0 spiro atoms. The van der Waals surface area contributed by atoms with Crippen LogP contribution in [0.4, 0.5) is 4.79 Å². The summed E-state index contributed by atoms with van der Waals surface area (Å²) in [7, 11) is 4.42. The molecule has 1 unspecified atom stereocenters. The summed E-state index contributed by atoms with van der Waals surface area (Å²) in [6, 6.07) is 2.94. The number of aromatic nitrogens is 4. The van der Waals surface area contributed by atoms with Gasteiger partial charge in [0.1, 0.15) is 6.61 Å². The number of aromatic amines is 1. The summed E-state index contributed by atoms with van der Waals surface area (Å²) in [5, 5.41) is 8.50. The van der Waals surface area contributed by atoms with Gasteiger partial charge in [-0.15, -0.1) is 15.0 Å². The summed E-state index contributed by atoms with van der Waals surface area (Å²) in [5.41, 5.74) is -1.37.